The molecule has 0 aliphatic carbocycles. The number of ether oxygens (including phenoxy) is 1. The number of primary amides is 1. The Morgan fingerprint density at radius 1 is 1.43 bits per heavy atom. The van der Waals surface area contributed by atoms with Crippen molar-refractivity contribution in [2.24, 2.45) is 5.73 Å². The summed E-state index contributed by atoms with van der Waals surface area (Å²) in [7, 11) is 0. The Morgan fingerprint density at radius 2 is 2.29 bits per heavy atom. The fraction of sp³-hybridized carbons (Fsp3) is 0.267. The number of hydrogen-bond donors (Lipinski definition) is 2. The molecule has 1 aromatic heterocycles. The van der Waals surface area contributed by atoms with Crippen molar-refractivity contribution in [3.8, 4) is 5.88 Å². The zero-order chi connectivity index (χ0) is 14.8. The minimum Gasteiger partial charge on any atom is -0.475 e. The van der Waals surface area contributed by atoms with Crippen molar-refractivity contribution >= 4 is 22.6 Å². The molecule has 1 unspecified atom stereocenters. The van der Waals surface area contributed by atoms with Gasteiger partial charge in [-0.15, -0.1) is 0 Å². The van der Waals surface area contributed by atoms with Gasteiger partial charge in [0.15, 0.2) is 0 Å². The second-order valence-electron chi connectivity index (χ2n) is 5.03. The third kappa shape index (κ3) is 2.79. The molecule has 3 rings (SSSR count). The number of pyridine rings is 1. The predicted molar refractivity (Wildman–Crippen MR) is 76.9 cm³/mol. The first-order valence-corrected chi connectivity index (χ1v) is 6.74. The smallest absolute Gasteiger partial charge is 0.248 e. The largest absolute Gasteiger partial charge is 0.475 e. The molecule has 1 fully saturated rings. The van der Waals surface area contributed by atoms with E-state index >= 15 is 0 Å². The Bertz CT molecular complexity index is 714. The van der Waals surface area contributed by atoms with Crippen molar-refractivity contribution in [2.75, 3.05) is 6.61 Å². The summed E-state index contributed by atoms with van der Waals surface area (Å²) in [5.74, 6) is 0.0788. The third-order valence-corrected chi connectivity index (χ3v) is 3.52. The van der Waals surface area contributed by atoms with Gasteiger partial charge < -0.3 is 15.8 Å². The first kappa shape index (κ1) is 13.4. The molecular formula is C15H15N3O3. The number of carbonyl (C=O) groups is 2. The van der Waals surface area contributed by atoms with Crippen LogP contribution in [0.5, 0.6) is 5.88 Å². The fourth-order valence-electron chi connectivity index (χ4n) is 2.40. The maximum Gasteiger partial charge on any atom is 0.248 e. The topological polar surface area (TPSA) is 94.3 Å². The summed E-state index contributed by atoms with van der Waals surface area (Å²) >= 11 is 0. The van der Waals surface area contributed by atoms with Crippen LogP contribution in [0.3, 0.4) is 0 Å². The van der Waals surface area contributed by atoms with E-state index < -0.39 is 5.91 Å². The zero-order valence-corrected chi connectivity index (χ0v) is 11.3. The van der Waals surface area contributed by atoms with Gasteiger partial charge in [0.05, 0.1) is 6.04 Å². The number of fused-ring (bicyclic) bond motifs is 1. The number of benzene rings is 1. The lowest BCUT2D eigenvalue weighted by molar-refractivity contribution is -0.119. The Balaban J connectivity index is 1.82. The van der Waals surface area contributed by atoms with Gasteiger partial charge in [0.2, 0.25) is 17.7 Å². The normalized spacial score (nSPS) is 17.7. The average molecular weight is 285 g/mol. The Labute approximate surface area is 121 Å². The van der Waals surface area contributed by atoms with Crippen LogP contribution < -0.4 is 15.8 Å². The number of nitrogens with zero attached hydrogens (tertiary/aromatic N) is 1. The molecule has 21 heavy (non-hydrogen) atoms. The molecule has 1 aliphatic heterocycles. The maximum atomic E-state index is 11.2. The fourth-order valence-corrected chi connectivity index (χ4v) is 2.40. The van der Waals surface area contributed by atoms with Gasteiger partial charge in [-0.2, -0.15) is 0 Å². The van der Waals surface area contributed by atoms with Crippen LogP contribution in [0.2, 0.25) is 0 Å². The van der Waals surface area contributed by atoms with E-state index in [0.29, 0.717) is 24.5 Å². The highest BCUT2D eigenvalue weighted by Gasteiger charge is 2.21. The van der Waals surface area contributed by atoms with Crippen molar-refractivity contribution in [3.63, 3.8) is 0 Å². The Morgan fingerprint density at radius 3 is 3.00 bits per heavy atom. The molecule has 2 amide bonds. The van der Waals surface area contributed by atoms with Gasteiger partial charge >= 0.3 is 0 Å². The molecule has 6 nitrogen and oxygen atoms in total. The third-order valence-electron chi connectivity index (χ3n) is 3.52. The molecule has 3 N–H and O–H groups in total. The van der Waals surface area contributed by atoms with Crippen LogP contribution in [0.4, 0.5) is 0 Å². The van der Waals surface area contributed by atoms with Crippen molar-refractivity contribution in [1.82, 2.24) is 10.3 Å². The Hall–Kier alpha value is -2.63. The van der Waals surface area contributed by atoms with Crippen molar-refractivity contribution in [3.05, 3.63) is 36.0 Å². The number of hydrogen-bond acceptors (Lipinski definition) is 4. The Kier molecular flexibility index (Phi) is 3.43. The van der Waals surface area contributed by atoms with E-state index in [2.05, 4.69) is 10.3 Å². The van der Waals surface area contributed by atoms with Gasteiger partial charge in [0.25, 0.3) is 0 Å². The van der Waals surface area contributed by atoms with Crippen molar-refractivity contribution < 1.29 is 14.3 Å². The van der Waals surface area contributed by atoms with Gasteiger partial charge in [-0.25, -0.2) is 4.98 Å². The summed E-state index contributed by atoms with van der Waals surface area (Å²) in [6, 6.07) is 6.95. The van der Waals surface area contributed by atoms with Crippen LogP contribution in [-0.2, 0) is 4.79 Å². The quantitative estimate of drug-likeness (QED) is 0.876. The lowest BCUT2D eigenvalue weighted by Gasteiger charge is -2.12. The molecule has 0 bridgehead atoms. The van der Waals surface area contributed by atoms with Crippen LogP contribution in [-0.4, -0.2) is 29.4 Å². The van der Waals surface area contributed by atoms with Crippen LogP contribution in [0.1, 0.15) is 23.2 Å². The zero-order valence-electron chi connectivity index (χ0n) is 11.3. The van der Waals surface area contributed by atoms with E-state index in [1.54, 1.807) is 30.5 Å². The number of amides is 2. The second-order valence-corrected chi connectivity index (χ2v) is 5.03. The van der Waals surface area contributed by atoms with Crippen LogP contribution >= 0.6 is 0 Å². The van der Waals surface area contributed by atoms with E-state index in [1.807, 2.05) is 0 Å². The van der Waals surface area contributed by atoms with E-state index in [1.165, 1.54) is 0 Å². The minimum atomic E-state index is -0.468. The molecule has 0 spiro atoms. The second kappa shape index (κ2) is 5.40. The SMILES string of the molecule is NC(=O)c1ccc2c(OCC3CCC(=O)N3)nccc2c1. The highest BCUT2D eigenvalue weighted by molar-refractivity contribution is 5.98. The molecule has 6 heteroatoms. The van der Waals surface area contributed by atoms with E-state index in [4.69, 9.17) is 10.5 Å². The van der Waals surface area contributed by atoms with E-state index in [-0.39, 0.29) is 11.9 Å². The number of carbonyl (C=O) groups excluding carboxylic acids is 2. The van der Waals surface area contributed by atoms with Crippen LogP contribution in [0.25, 0.3) is 10.8 Å². The van der Waals surface area contributed by atoms with E-state index in [9.17, 15) is 9.59 Å². The molecule has 0 saturated carbocycles. The van der Waals surface area contributed by atoms with Gasteiger partial charge in [0, 0.05) is 23.6 Å². The number of nitrogens with one attached hydrogen (secondary N) is 1. The molecule has 108 valence electrons. The van der Waals surface area contributed by atoms with Crippen molar-refractivity contribution in [2.45, 2.75) is 18.9 Å². The number of aromatic nitrogens is 1. The number of rotatable bonds is 4. The molecule has 2 heterocycles. The van der Waals surface area contributed by atoms with Crippen molar-refractivity contribution in [1.29, 1.82) is 0 Å². The average Bonchev–Trinajstić information content (AvgIpc) is 2.90. The standard InChI is InChI=1S/C15H15N3O3/c16-14(20)10-1-3-12-9(7-10)5-6-17-15(12)21-8-11-2-4-13(19)18-11/h1,3,5-7,11H,2,4,8H2,(H2,16,20)(H,18,19). The first-order valence-electron chi connectivity index (χ1n) is 6.74. The van der Waals surface area contributed by atoms with Gasteiger partial charge in [0.1, 0.15) is 6.61 Å². The first-order chi connectivity index (χ1) is 10.1. The summed E-state index contributed by atoms with van der Waals surface area (Å²) in [5, 5.41) is 4.49. The molecular weight excluding hydrogens is 270 g/mol. The summed E-state index contributed by atoms with van der Waals surface area (Å²) in [6.45, 7) is 0.384. The highest BCUT2D eigenvalue weighted by atomic mass is 16.5. The summed E-state index contributed by atoms with van der Waals surface area (Å²) < 4.78 is 5.71. The monoisotopic (exact) mass is 285 g/mol. The lowest BCUT2D eigenvalue weighted by Crippen LogP contribution is -2.31. The molecule has 2 aromatic rings. The van der Waals surface area contributed by atoms with E-state index in [0.717, 1.165) is 17.2 Å². The van der Waals surface area contributed by atoms with Gasteiger partial charge in [-0.1, -0.05) is 0 Å². The van der Waals surface area contributed by atoms with Crippen LogP contribution in [0.15, 0.2) is 30.5 Å². The summed E-state index contributed by atoms with van der Waals surface area (Å²) in [6.07, 6.45) is 2.93. The molecule has 1 atom stereocenters. The van der Waals surface area contributed by atoms with Gasteiger partial charge in [-0.3, -0.25) is 9.59 Å². The highest BCUT2D eigenvalue weighted by Crippen LogP contribution is 2.24. The maximum absolute atomic E-state index is 11.2. The van der Waals surface area contributed by atoms with Gasteiger partial charge in [-0.05, 0) is 36.1 Å². The molecule has 0 radical (unpaired) electrons. The summed E-state index contributed by atoms with van der Waals surface area (Å²) in [5.41, 5.74) is 5.72. The predicted octanol–water partition coefficient (Wildman–Crippen LogP) is 0.991. The van der Waals surface area contributed by atoms with Crippen LogP contribution in [0, 0.1) is 0 Å². The molecule has 1 aliphatic rings. The molecule has 1 saturated heterocycles. The summed E-state index contributed by atoms with van der Waals surface area (Å²) in [4.78, 5) is 26.6. The lowest BCUT2D eigenvalue weighted by atomic mass is 10.1. The molecule has 1 aromatic carbocycles. The number of nitrogens with two attached hydrogens (primary N) is 1. The minimum absolute atomic E-state index is 0.0273.